The van der Waals surface area contributed by atoms with Crippen LogP contribution in [0.2, 0.25) is 0 Å². The molecule has 0 saturated carbocycles. The van der Waals surface area contributed by atoms with Gasteiger partial charge in [0.15, 0.2) is 0 Å². The molecule has 2 amide bonds. The lowest BCUT2D eigenvalue weighted by molar-refractivity contribution is 0.0519. The zero-order chi connectivity index (χ0) is 17.6. The van der Waals surface area contributed by atoms with E-state index in [2.05, 4.69) is 35.9 Å². The van der Waals surface area contributed by atoms with Crippen molar-refractivity contribution in [3.63, 3.8) is 0 Å². The molecule has 22 heavy (non-hydrogen) atoms. The van der Waals surface area contributed by atoms with Gasteiger partial charge in [0.1, 0.15) is 5.60 Å². The van der Waals surface area contributed by atoms with Crippen molar-refractivity contribution in [1.82, 2.24) is 10.6 Å². The quantitative estimate of drug-likeness (QED) is 0.453. The van der Waals surface area contributed by atoms with E-state index in [-0.39, 0.29) is 17.4 Å². The highest BCUT2D eigenvalue weighted by Crippen LogP contribution is 2.13. The molecule has 0 rings (SSSR count). The molecule has 0 aromatic heterocycles. The van der Waals surface area contributed by atoms with Gasteiger partial charge in [-0.05, 0) is 48.0 Å². The van der Waals surface area contributed by atoms with Gasteiger partial charge in [-0.3, -0.25) is 0 Å². The summed E-state index contributed by atoms with van der Waals surface area (Å²) in [5, 5.41) is 4.48. The summed E-state index contributed by atoms with van der Waals surface area (Å²) in [6.07, 6.45) is -0.591. The van der Waals surface area contributed by atoms with Crippen molar-refractivity contribution >= 4 is 37.4 Å². The van der Waals surface area contributed by atoms with Crippen LogP contribution in [0.1, 0.15) is 48.0 Å². The second kappa shape index (κ2) is 8.76. The topological polar surface area (TPSA) is 76.7 Å². The minimum Gasteiger partial charge on any atom is -0.450 e. The van der Waals surface area contributed by atoms with Gasteiger partial charge in [0.2, 0.25) is 0 Å². The Labute approximate surface area is 143 Å². The van der Waals surface area contributed by atoms with Gasteiger partial charge in [-0.1, -0.05) is 0 Å². The van der Waals surface area contributed by atoms with Crippen LogP contribution in [0.25, 0.3) is 0 Å². The average Bonchev–Trinajstić information content (AvgIpc) is 2.22. The summed E-state index contributed by atoms with van der Waals surface area (Å²) < 4.78 is 10.2. The molecule has 0 saturated heterocycles. The number of alkyl carbamates (subject to hydrolysis) is 2. The number of amides is 2. The van der Waals surface area contributed by atoms with Crippen molar-refractivity contribution < 1.29 is 19.1 Å². The van der Waals surface area contributed by atoms with Crippen LogP contribution < -0.4 is 10.6 Å². The number of carbonyl (C=O) groups is 2. The summed E-state index contributed by atoms with van der Waals surface area (Å²) >= 11 is 8.60. The van der Waals surface area contributed by atoms with Crippen LogP contribution in [0.15, 0.2) is 0 Å². The molecule has 0 bridgehead atoms. The van der Waals surface area contributed by atoms with E-state index in [4.69, 9.17) is 9.47 Å². The molecule has 2 N–H and O–H groups in total. The van der Waals surface area contributed by atoms with Crippen LogP contribution in [0.4, 0.5) is 9.59 Å². The summed E-state index contributed by atoms with van der Waals surface area (Å²) in [4.78, 5) is 23.1. The molecule has 130 valence electrons. The lowest BCUT2D eigenvalue weighted by Gasteiger charge is -2.24. The number of carbonyl (C=O) groups excluding carboxylic acids is 2. The fraction of sp³-hybridized carbons (Fsp3) is 0.857. The highest BCUT2D eigenvalue weighted by molar-refractivity contribution is 7.85. The maximum Gasteiger partial charge on any atom is 0.408 e. The van der Waals surface area contributed by atoms with Crippen LogP contribution in [-0.2, 0) is 9.47 Å². The highest BCUT2D eigenvalue weighted by Gasteiger charge is 2.22. The SMILES string of the molecule is CC(C)(C)NC(=O)OCCC(S)C(S)NC(=O)OC(C)(C)C. The molecule has 2 atom stereocenters. The number of rotatable bonds is 5. The first kappa shape index (κ1) is 21.2. The molecule has 0 radical (unpaired) electrons. The first-order chi connectivity index (χ1) is 9.80. The largest absolute Gasteiger partial charge is 0.450 e. The molecule has 0 aromatic rings. The molecule has 0 fully saturated rings. The third kappa shape index (κ3) is 11.9. The van der Waals surface area contributed by atoms with Crippen LogP contribution >= 0.6 is 25.3 Å². The Bertz CT molecular complexity index is 378. The van der Waals surface area contributed by atoms with E-state index in [0.717, 1.165) is 0 Å². The Morgan fingerprint density at radius 1 is 1.05 bits per heavy atom. The number of thiol groups is 2. The predicted molar refractivity (Wildman–Crippen MR) is 93.8 cm³/mol. The standard InChI is InChI=1S/C14H28N2O4S2/c1-13(2,3)16-12(18)19-8-7-9(21)10(22)15-11(17)20-14(4,5)6/h9-10,21-22H,7-8H2,1-6H3,(H,15,17)(H,16,18). The monoisotopic (exact) mass is 352 g/mol. The zero-order valence-corrected chi connectivity index (χ0v) is 15.9. The fourth-order valence-corrected chi connectivity index (χ4v) is 1.73. The van der Waals surface area contributed by atoms with Gasteiger partial charge in [-0.2, -0.15) is 25.3 Å². The van der Waals surface area contributed by atoms with Crippen molar-refractivity contribution in [2.45, 2.75) is 69.7 Å². The molecular weight excluding hydrogens is 324 g/mol. The second-order valence-electron chi connectivity index (χ2n) is 6.96. The van der Waals surface area contributed by atoms with Gasteiger partial charge in [0.05, 0.1) is 12.0 Å². The van der Waals surface area contributed by atoms with Gasteiger partial charge in [-0.15, -0.1) is 0 Å². The van der Waals surface area contributed by atoms with Gasteiger partial charge in [0, 0.05) is 10.8 Å². The summed E-state index contributed by atoms with van der Waals surface area (Å²) in [6.45, 7) is 11.1. The summed E-state index contributed by atoms with van der Waals surface area (Å²) in [5.74, 6) is 0. The number of nitrogens with one attached hydrogen (secondary N) is 2. The Morgan fingerprint density at radius 2 is 1.59 bits per heavy atom. The van der Waals surface area contributed by atoms with Crippen molar-refractivity contribution in [1.29, 1.82) is 0 Å². The maximum absolute atomic E-state index is 11.6. The van der Waals surface area contributed by atoms with Gasteiger partial charge in [0.25, 0.3) is 0 Å². The number of hydrogen-bond donors (Lipinski definition) is 4. The smallest absolute Gasteiger partial charge is 0.408 e. The predicted octanol–water partition coefficient (Wildman–Crippen LogP) is 2.98. The second-order valence-corrected chi connectivity index (χ2v) is 8.18. The molecule has 0 aliphatic heterocycles. The van der Waals surface area contributed by atoms with E-state index in [1.807, 2.05) is 20.8 Å². The molecule has 0 aliphatic rings. The Hall–Kier alpha value is -0.760. The molecule has 6 nitrogen and oxygen atoms in total. The Kier molecular flexibility index (Phi) is 8.46. The first-order valence-corrected chi connectivity index (χ1v) is 8.14. The molecule has 0 aliphatic carbocycles. The van der Waals surface area contributed by atoms with E-state index in [1.165, 1.54) is 0 Å². The summed E-state index contributed by atoms with van der Waals surface area (Å²) in [5.41, 5.74) is -0.917. The molecule has 8 heteroatoms. The van der Waals surface area contributed by atoms with Gasteiger partial charge < -0.3 is 20.1 Å². The Morgan fingerprint density at radius 3 is 2.05 bits per heavy atom. The highest BCUT2D eigenvalue weighted by atomic mass is 32.1. The van der Waals surface area contributed by atoms with E-state index >= 15 is 0 Å². The minimum atomic E-state index is -0.572. The summed E-state index contributed by atoms with van der Waals surface area (Å²) in [6, 6.07) is 0. The number of ether oxygens (including phenoxy) is 2. The maximum atomic E-state index is 11.6. The van der Waals surface area contributed by atoms with E-state index in [9.17, 15) is 9.59 Å². The Balaban J connectivity index is 4.04. The molecule has 0 spiro atoms. The summed E-state index contributed by atoms with van der Waals surface area (Å²) in [7, 11) is 0. The van der Waals surface area contributed by atoms with Gasteiger partial charge >= 0.3 is 12.2 Å². The zero-order valence-electron chi connectivity index (χ0n) is 14.1. The third-order valence-corrected chi connectivity index (χ3v) is 3.43. The van der Waals surface area contributed by atoms with Crippen molar-refractivity contribution in [3.05, 3.63) is 0 Å². The van der Waals surface area contributed by atoms with Crippen LogP contribution in [0.3, 0.4) is 0 Å². The van der Waals surface area contributed by atoms with E-state index < -0.39 is 23.2 Å². The van der Waals surface area contributed by atoms with E-state index in [1.54, 1.807) is 20.8 Å². The molecule has 2 unspecified atom stereocenters. The first-order valence-electron chi connectivity index (χ1n) is 7.11. The van der Waals surface area contributed by atoms with Crippen molar-refractivity contribution in [2.75, 3.05) is 6.61 Å². The average molecular weight is 353 g/mol. The van der Waals surface area contributed by atoms with Crippen molar-refractivity contribution in [2.24, 2.45) is 0 Å². The van der Waals surface area contributed by atoms with Gasteiger partial charge in [-0.25, -0.2) is 9.59 Å². The minimum absolute atomic E-state index is 0.184. The normalized spacial score (nSPS) is 14.7. The van der Waals surface area contributed by atoms with E-state index in [0.29, 0.717) is 6.42 Å². The third-order valence-electron chi connectivity index (χ3n) is 2.15. The molecular formula is C14H28N2O4S2. The lowest BCUT2D eigenvalue weighted by atomic mass is 10.1. The lowest BCUT2D eigenvalue weighted by Crippen LogP contribution is -2.42. The number of hydrogen-bond acceptors (Lipinski definition) is 6. The fourth-order valence-electron chi connectivity index (χ4n) is 1.30. The molecule has 0 heterocycles. The van der Waals surface area contributed by atoms with Crippen LogP contribution in [-0.4, -0.2) is 40.6 Å². The van der Waals surface area contributed by atoms with Crippen LogP contribution in [0, 0.1) is 0 Å². The van der Waals surface area contributed by atoms with Crippen LogP contribution in [0.5, 0.6) is 0 Å². The molecule has 0 aromatic carbocycles. The van der Waals surface area contributed by atoms with Crippen molar-refractivity contribution in [3.8, 4) is 0 Å².